The summed E-state index contributed by atoms with van der Waals surface area (Å²) in [4.78, 5) is 29.0. The number of amides is 2. The maximum atomic E-state index is 12.3. The summed E-state index contributed by atoms with van der Waals surface area (Å²) in [5, 5.41) is 2.88. The summed E-state index contributed by atoms with van der Waals surface area (Å²) >= 11 is 7.02. The number of benzene rings is 3. The largest absolute Gasteiger partial charge is 0.436 e. The highest BCUT2D eigenvalue weighted by Crippen LogP contribution is 2.32. The topological polar surface area (TPSA) is 84.2 Å². The van der Waals surface area contributed by atoms with Crippen LogP contribution in [0.5, 0.6) is 0 Å². The van der Waals surface area contributed by atoms with Crippen molar-refractivity contribution in [2.24, 2.45) is 0 Å². The minimum atomic E-state index is -0.534. The van der Waals surface area contributed by atoms with Crippen LogP contribution in [0.3, 0.4) is 0 Å². The fourth-order valence-electron chi connectivity index (χ4n) is 2.86. The zero-order valence-electron chi connectivity index (χ0n) is 15.8. The molecule has 0 bridgehead atoms. The lowest BCUT2D eigenvalue weighted by Gasteiger charge is -2.09. The molecule has 1 aromatic heterocycles. The molecule has 0 aliphatic rings. The summed E-state index contributed by atoms with van der Waals surface area (Å²) in [5.41, 5.74) is 3.79. The van der Waals surface area contributed by atoms with Crippen molar-refractivity contribution in [3.05, 3.63) is 82.9 Å². The Hall–Kier alpha value is -3.29. The molecule has 0 unspecified atom stereocenters. The van der Waals surface area contributed by atoms with Crippen molar-refractivity contribution in [2.75, 3.05) is 5.32 Å². The molecule has 8 heteroatoms. The van der Waals surface area contributed by atoms with E-state index >= 15 is 0 Å². The van der Waals surface area contributed by atoms with Gasteiger partial charge in [0.1, 0.15) is 5.52 Å². The van der Waals surface area contributed by atoms with Crippen molar-refractivity contribution in [1.29, 1.82) is 0 Å². The second-order valence-electron chi connectivity index (χ2n) is 6.44. The Morgan fingerprint density at radius 1 is 1.03 bits per heavy atom. The van der Waals surface area contributed by atoms with E-state index in [1.807, 2.05) is 43.3 Å². The second-order valence-corrected chi connectivity index (χ2v) is 7.63. The number of anilines is 1. The predicted octanol–water partition coefficient (Wildman–Crippen LogP) is 6.07. The van der Waals surface area contributed by atoms with Crippen LogP contribution in [-0.2, 0) is 0 Å². The Morgan fingerprint density at radius 2 is 1.80 bits per heavy atom. The van der Waals surface area contributed by atoms with Crippen LogP contribution in [0.25, 0.3) is 22.6 Å². The number of para-hydroxylation sites is 2. The van der Waals surface area contributed by atoms with Crippen molar-refractivity contribution in [1.82, 2.24) is 9.71 Å². The summed E-state index contributed by atoms with van der Waals surface area (Å²) in [7, 11) is 0. The third kappa shape index (κ3) is 4.32. The standard InChI is InChI=1S/C22H16ClN3O3S/c1-13-6-2-3-7-15(13)21(27)30-26-22(28)24-14-10-11-17(23)16(12-14)20-25-18-8-4-5-9-19(18)29-20/h2-12H,1H3,(H2,24,26,28). The first-order valence-corrected chi connectivity index (χ1v) is 10.2. The monoisotopic (exact) mass is 437 g/mol. The van der Waals surface area contributed by atoms with Gasteiger partial charge in [0.05, 0.1) is 10.6 Å². The van der Waals surface area contributed by atoms with E-state index in [9.17, 15) is 9.59 Å². The van der Waals surface area contributed by atoms with Gasteiger partial charge in [0.2, 0.25) is 11.0 Å². The number of carbonyl (C=O) groups is 2. The minimum absolute atomic E-state index is 0.244. The molecule has 0 saturated heterocycles. The van der Waals surface area contributed by atoms with Gasteiger partial charge < -0.3 is 9.73 Å². The zero-order chi connectivity index (χ0) is 21.1. The molecular formula is C22H16ClN3O3S. The number of hydrogen-bond donors (Lipinski definition) is 2. The summed E-state index contributed by atoms with van der Waals surface area (Å²) < 4.78 is 8.26. The summed E-state index contributed by atoms with van der Waals surface area (Å²) in [5.74, 6) is 0.356. The first-order chi connectivity index (χ1) is 14.5. The average Bonchev–Trinajstić information content (AvgIpc) is 3.18. The molecule has 1 heterocycles. The van der Waals surface area contributed by atoms with E-state index in [0.29, 0.717) is 38.8 Å². The van der Waals surface area contributed by atoms with Gasteiger partial charge in [0.15, 0.2) is 5.58 Å². The lowest BCUT2D eigenvalue weighted by molar-refractivity contribution is 0.108. The number of nitrogens with zero attached hydrogens (tertiary/aromatic N) is 1. The highest BCUT2D eigenvalue weighted by molar-refractivity contribution is 8.12. The number of carbonyl (C=O) groups excluding carboxylic acids is 2. The molecule has 0 aliphatic carbocycles. The molecule has 0 spiro atoms. The van der Waals surface area contributed by atoms with E-state index in [4.69, 9.17) is 16.0 Å². The number of aryl methyl sites for hydroxylation is 1. The van der Waals surface area contributed by atoms with Crippen molar-refractivity contribution in [2.45, 2.75) is 6.92 Å². The molecule has 6 nitrogen and oxygen atoms in total. The van der Waals surface area contributed by atoms with Gasteiger partial charge in [-0.05, 0) is 42.8 Å². The van der Waals surface area contributed by atoms with Gasteiger partial charge in [-0.25, -0.2) is 9.78 Å². The highest BCUT2D eigenvalue weighted by Gasteiger charge is 2.15. The number of aromatic nitrogens is 1. The minimum Gasteiger partial charge on any atom is -0.436 e. The summed E-state index contributed by atoms with van der Waals surface area (Å²) in [6, 6.07) is 19.0. The van der Waals surface area contributed by atoms with Gasteiger partial charge >= 0.3 is 6.03 Å². The first-order valence-electron chi connectivity index (χ1n) is 9.00. The molecule has 0 fully saturated rings. The zero-order valence-corrected chi connectivity index (χ0v) is 17.4. The van der Waals surface area contributed by atoms with Crippen LogP contribution in [0.4, 0.5) is 10.5 Å². The highest BCUT2D eigenvalue weighted by atomic mass is 35.5. The smallest absolute Gasteiger partial charge is 0.329 e. The number of oxazole rings is 1. The normalized spacial score (nSPS) is 10.7. The van der Waals surface area contributed by atoms with Crippen molar-refractivity contribution >= 4 is 51.5 Å². The summed E-state index contributed by atoms with van der Waals surface area (Å²) in [6.45, 7) is 1.84. The van der Waals surface area contributed by atoms with Crippen LogP contribution >= 0.6 is 23.5 Å². The molecule has 2 N–H and O–H groups in total. The molecule has 0 aliphatic heterocycles. The maximum absolute atomic E-state index is 12.3. The van der Waals surface area contributed by atoms with Crippen LogP contribution < -0.4 is 10.0 Å². The van der Waals surface area contributed by atoms with Crippen molar-refractivity contribution in [3.63, 3.8) is 0 Å². The Morgan fingerprint density at radius 3 is 2.60 bits per heavy atom. The first kappa shape index (κ1) is 20.0. The molecule has 4 aromatic rings. The van der Waals surface area contributed by atoms with E-state index in [1.54, 1.807) is 30.3 Å². The number of rotatable bonds is 3. The molecule has 0 saturated carbocycles. The molecule has 2 amide bonds. The Balaban J connectivity index is 1.46. The van der Waals surface area contributed by atoms with Gasteiger partial charge in [-0.1, -0.05) is 48.0 Å². The lowest BCUT2D eigenvalue weighted by Crippen LogP contribution is -2.24. The number of halogens is 1. The number of hydrogen-bond acceptors (Lipinski definition) is 5. The molecule has 3 aromatic carbocycles. The van der Waals surface area contributed by atoms with Gasteiger partial charge in [-0.15, -0.1) is 0 Å². The fourth-order valence-corrected chi connectivity index (χ4v) is 3.63. The number of nitrogens with one attached hydrogen (secondary N) is 2. The Labute approximate surface area is 181 Å². The van der Waals surface area contributed by atoms with E-state index in [1.165, 1.54) is 0 Å². The van der Waals surface area contributed by atoms with Gasteiger partial charge in [-0.3, -0.25) is 9.52 Å². The lowest BCUT2D eigenvalue weighted by atomic mass is 10.1. The second kappa shape index (κ2) is 8.61. The fraction of sp³-hybridized carbons (Fsp3) is 0.0455. The van der Waals surface area contributed by atoms with Crippen LogP contribution in [0.1, 0.15) is 15.9 Å². The van der Waals surface area contributed by atoms with Crippen molar-refractivity contribution in [3.8, 4) is 11.5 Å². The third-order valence-corrected chi connectivity index (χ3v) is 5.37. The average molecular weight is 438 g/mol. The number of urea groups is 1. The van der Waals surface area contributed by atoms with Crippen LogP contribution in [0.2, 0.25) is 5.02 Å². The van der Waals surface area contributed by atoms with Gasteiger partial charge in [-0.2, -0.15) is 0 Å². The van der Waals surface area contributed by atoms with E-state index < -0.39 is 6.03 Å². The summed E-state index contributed by atoms with van der Waals surface area (Å²) in [6.07, 6.45) is 0. The quantitative estimate of drug-likeness (QED) is 0.380. The molecule has 30 heavy (non-hydrogen) atoms. The SMILES string of the molecule is Cc1ccccc1C(=O)SNC(=O)Nc1ccc(Cl)c(-c2nc3ccccc3o2)c1. The van der Waals surface area contributed by atoms with Crippen LogP contribution in [-0.4, -0.2) is 16.1 Å². The third-order valence-electron chi connectivity index (χ3n) is 4.35. The van der Waals surface area contributed by atoms with Crippen LogP contribution in [0, 0.1) is 6.92 Å². The van der Waals surface area contributed by atoms with Crippen molar-refractivity contribution < 1.29 is 14.0 Å². The molecular weight excluding hydrogens is 422 g/mol. The Kier molecular flexibility index (Phi) is 5.74. The Bertz CT molecular complexity index is 1220. The number of fused-ring (bicyclic) bond motifs is 1. The van der Waals surface area contributed by atoms with E-state index in [0.717, 1.165) is 17.5 Å². The van der Waals surface area contributed by atoms with E-state index in [2.05, 4.69) is 15.0 Å². The molecule has 150 valence electrons. The van der Waals surface area contributed by atoms with Crippen LogP contribution in [0.15, 0.2) is 71.1 Å². The predicted molar refractivity (Wildman–Crippen MR) is 120 cm³/mol. The molecule has 4 rings (SSSR count). The molecule has 0 radical (unpaired) electrons. The molecule has 0 atom stereocenters. The van der Waals surface area contributed by atoms with Gasteiger partial charge in [0, 0.05) is 23.2 Å². The maximum Gasteiger partial charge on any atom is 0.329 e. The van der Waals surface area contributed by atoms with E-state index in [-0.39, 0.29) is 5.12 Å². The van der Waals surface area contributed by atoms with Gasteiger partial charge in [0.25, 0.3) is 0 Å².